The Morgan fingerprint density at radius 1 is 1.03 bits per heavy atom. The van der Waals surface area contributed by atoms with Crippen LogP contribution in [0.25, 0.3) is 0 Å². The second kappa shape index (κ2) is 8.81. The van der Waals surface area contributed by atoms with Crippen LogP contribution in [0.4, 0.5) is 8.78 Å². The summed E-state index contributed by atoms with van der Waals surface area (Å²) in [6, 6.07) is 9.64. The smallest absolute Gasteiger partial charge is 0.251 e. The summed E-state index contributed by atoms with van der Waals surface area (Å²) in [5, 5.41) is 2.71. The number of amides is 1. The standard InChI is InChI=1S/C22H26F2N2O3S/c1-22(2,17-8-4-5-9-18(17)23)15-25-21(27)16-10-11-19(24)20(14-16)30(28,29)26-12-6-3-7-13-26/h4-5,8-11,14H,3,6-7,12-13,15H2,1-2H3,(H,25,27). The molecule has 0 spiro atoms. The molecule has 1 N–H and O–H groups in total. The van der Waals surface area contributed by atoms with Crippen LogP contribution in [-0.2, 0) is 15.4 Å². The van der Waals surface area contributed by atoms with Gasteiger partial charge in [0.05, 0.1) is 0 Å². The lowest BCUT2D eigenvalue weighted by Crippen LogP contribution is -2.38. The predicted molar refractivity (Wildman–Crippen MR) is 111 cm³/mol. The fourth-order valence-corrected chi connectivity index (χ4v) is 5.20. The summed E-state index contributed by atoms with van der Waals surface area (Å²) in [6.07, 6.45) is 2.40. The van der Waals surface area contributed by atoms with Gasteiger partial charge in [0.25, 0.3) is 5.91 Å². The Morgan fingerprint density at radius 3 is 2.37 bits per heavy atom. The van der Waals surface area contributed by atoms with Gasteiger partial charge in [0.2, 0.25) is 10.0 Å². The number of nitrogens with zero attached hydrogens (tertiary/aromatic N) is 1. The van der Waals surface area contributed by atoms with Gasteiger partial charge in [-0.15, -0.1) is 0 Å². The largest absolute Gasteiger partial charge is 0.351 e. The van der Waals surface area contributed by atoms with E-state index in [1.807, 2.05) is 0 Å². The van der Waals surface area contributed by atoms with Crippen LogP contribution in [-0.4, -0.2) is 38.3 Å². The molecule has 1 amide bonds. The molecule has 3 rings (SSSR count). The third-order valence-corrected chi connectivity index (χ3v) is 7.33. The Balaban J connectivity index is 1.79. The number of carbonyl (C=O) groups excluding carboxylic acids is 1. The third-order valence-electron chi connectivity index (χ3n) is 5.42. The zero-order valence-electron chi connectivity index (χ0n) is 17.1. The maximum Gasteiger partial charge on any atom is 0.251 e. The first-order valence-electron chi connectivity index (χ1n) is 9.96. The van der Waals surface area contributed by atoms with Crippen LogP contribution in [0.2, 0.25) is 0 Å². The first kappa shape index (κ1) is 22.4. The summed E-state index contributed by atoms with van der Waals surface area (Å²) in [5.41, 5.74) is -0.196. The zero-order valence-corrected chi connectivity index (χ0v) is 17.9. The maximum absolute atomic E-state index is 14.3. The van der Waals surface area contributed by atoms with E-state index in [9.17, 15) is 22.0 Å². The minimum Gasteiger partial charge on any atom is -0.351 e. The van der Waals surface area contributed by atoms with Crippen LogP contribution in [0.15, 0.2) is 47.4 Å². The monoisotopic (exact) mass is 436 g/mol. The molecule has 0 atom stereocenters. The number of carbonyl (C=O) groups is 1. The summed E-state index contributed by atoms with van der Waals surface area (Å²) < 4.78 is 55.4. The van der Waals surface area contributed by atoms with Gasteiger partial charge in [-0.3, -0.25) is 4.79 Å². The van der Waals surface area contributed by atoms with Gasteiger partial charge >= 0.3 is 0 Å². The Hall–Kier alpha value is -2.32. The molecule has 2 aromatic rings. The third kappa shape index (κ3) is 4.70. The number of benzene rings is 2. The maximum atomic E-state index is 14.3. The molecule has 0 aliphatic carbocycles. The van der Waals surface area contributed by atoms with E-state index in [1.165, 1.54) is 16.4 Å². The minimum absolute atomic E-state index is 0.0383. The summed E-state index contributed by atoms with van der Waals surface area (Å²) in [7, 11) is -4.01. The molecule has 1 aliphatic heterocycles. The molecule has 8 heteroatoms. The average molecular weight is 437 g/mol. The highest BCUT2D eigenvalue weighted by Gasteiger charge is 2.30. The quantitative estimate of drug-likeness (QED) is 0.748. The highest BCUT2D eigenvalue weighted by atomic mass is 32.2. The Bertz CT molecular complexity index is 1030. The summed E-state index contributed by atoms with van der Waals surface area (Å²) >= 11 is 0. The molecule has 0 aromatic heterocycles. The normalized spacial score (nSPS) is 15.7. The first-order chi connectivity index (χ1) is 14.1. The highest BCUT2D eigenvalue weighted by Crippen LogP contribution is 2.26. The van der Waals surface area contributed by atoms with Crippen molar-refractivity contribution in [2.45, 2.75) is 43.4 Å². The van der Waals surface area contributed by atoms with E-state index < -0.39 is 32.1 Å². The molecule has 0 unspecified atom stereocenters. The number of piperidine rings is 1. The molecule has 1 saturated heterocycles. The van der Waals surface area contributed by atoms with Crippen molar-refractivity contribution >= 4 is 15.9 Å². The molecule has 5 nitrogen and oxygen atoms in total. The molecule has 0 bridgehead atoms. The van der Waals surface area contributed by atoms with Crippen molar-refractivity contribution in [2.75, 3.05) is 19.6 Å². The van der Waals surface area contributed by atoms with Crippen LogP contribution >= 0.6 is 0 Å². The lowest BCUT2D eigenvalue weighted by molar-refractivity contribution is 0.0945. The Kier molecular flexibility index (Phi) is 6.57. The van der Waals surface area contributed by atoms with E-state index in [-0.39, 0.29) is 17.9 Å². The minimum atomic E-state index is -4.01. The second-order valence-corrected chi connectivity index (χ2v) is 10.1. The predicted octanol–water partition coefficient (Wildman–Crippen LogP) is 3.85. The molecule has 0 saturated carbocycles. The Labute approximate surface area is 176 Å². The van der Waals surface area contributed by atoms with Gasteiger partial charge in [-0.1, -0.05) is 38.5 Å². The SMILES string of the molecule is CC(C)(CNC(=O)c1ccc(F)c(S(=O)(=O)N2CCCCC2)c1)c1ccccc1F. The van der Waals surface area contributed by atoms with Gasteiger partial charge in [-0.25, -0.2) is 17.2 Å². The van der Waals surface area contributed by atoms with E-state index in [1.54, 1.807) is 32.0 Å². The molecule has 1 heterocycles. The van der Waals surface area contributed by atoms with E-state index in [0.717, 1.165) is 31.4 Å². The van der Waals surface area contributed by atoms with Crippen LogP contribution in [0, 0.1) is 11.6 Å². The van der Waals surface area contributed by atoms with Crippen molar-refractivity contribution in [3.05, 3.63) is 65.2 Å². The van der Waals surface area contributed by atoms with Crippen molar-refractivity contribution in [1.82, 2.24) is 9.62 Å². The van der Waals surface area contributed by atoms with Crippen LogP contribution < -0.4 is 5.32 Å². The van der Waals surface area contributed by atoms with Gasteiger partial charge in [-0.2, -0.15) is 4.31 Å². The summed E-state index contributed by atoms with van der Waals surface area (Å²) in [6.45, 7) is 4.40. The number of nitrogens with one attached hydrogen (secondary N) is 1. The zero-order chi connectivity index (χ0) is 21.9. The van der Waals surface area contributed by atoms with Crippen LogP contribution in [0.5, 0.6) is 0 Å². The molecule has 162 valence electrons. The lowest BCUT2D eigenvalue weighted by Gasteiger charge is -2.27. The second-order valence-electron chi connectivity index (χ2n) is 8.16. The van der Waals surface area contributed by atoms with Crippen LogP contribution in [0.1, 0.15) is 49.0 Å². The molecule has 1 aliphatic rings. The van der Waals surface area contributed by atoms with E-state index >= 15 is 0 Å². The fraction of sp³-hybridized carbons (Fsp3) is 0.409. The number of rotatable bonds is 6. The lowest BCUT2D eigenvalue weighted by atomic mass is 9.84. The van der Waals surface area contributed by atoms with Crippen molar-refractivity contribution < 1.29 is 22.0 Å². The van der Waals surface area contributed by atoms with E-state index in [2.05, 4.69) is 5.32 Å². The highest BCUT2D eigenvalue weighted by molar-refractivity contribution is 7.89. The molecular weight excluding hydrogens is 410 g/mol. The van der Waals surface area contributed by atoms with Gasteiger partial charge in [-0.05, 0) is 42.7 Å². The molecule has 0 radical (unpaired) electrons. The van der Waals surface area contributed by atoms with Gasteiger partial charge in [0.15, 0.2) is 0 Å². The Morgan fingerprint density at radius 2 is 1.70 bits per heavy atom. The number of halogens is 2. The molecular formula is C22H26F2N2O3S. The van der Waals surface area contributed by atoms with E-state index in [0.29, 0.717) is 18.7 Å². The van der Waals surface area contributed by atoms with Crippen LogP contribution in [0.3, 0.4) is 0 Å². The van der Waals surface area contributed by atoms with Gasteiger partial charge in [0, 0.05) is 30.6 Å². The fourth-order valence-electron chi connectivity index (χ4n) is 3.60. The van der Waals surface area contributed by atoms with Gasteiger partial charge < -0.3 is 5.32 Å². The number of hydrogen-bond donors (Lipinski definition) is 1. The van der Waals surface area contributed by atoms with E-state index in [4.69, 9.17) is 0 Å². The van der Waals surface area contributed by atoms with Crippen molar-refractivity contribution in [1.29, 1.82) is 0 Å². The average Bonchev–Trinajstić information content (AvgIpc) is 2.73. The van der Waals surface area contributed by atoms with Crippen molar-refractivity contribution in [3.8, 4) is 0 Å². The first-order valence-corrected chi connectivity index (χ1v) is 11.4. The summed E-state index contributed by atoms with van der Waals surface area (Å²) in [4.78, 5) is 12.1. The summed E-state index contributed by atoms with van der Waals surface area (Å²) in [5.74, 6) is -1.80. The molecule has 2 aromatic carbocycles. The molecule has 1 fully saturated rings. The number of hydrogen-bond acceptors (Lipinski definition) is 3. The van der Waals surface area contributed by atoms with Gasteiger partial charge in [0.1, 0.15) is 16.5 Å². The molecule has 30 heavy (non-hydrogen) atoms. The van der Waals surface area contributed by atoms with Crippen molar-refractivity contribution in [3.63, 3.8) is 0 Å². The topological polar surface area (TPSA) is 66.5 Å². The number of sulfonamides is 1. The van der Waals surface area contributed by atoms with Crippen molar-refractivity contribution in [2.24, 2.45) is 0 Å².